The zero-order valence-corrected chi connectivity index (χ0v) is 16.5. The lowest BCUT2D eigenvalue weighted by Crippen LogP contribution is -2.19. The van der Waals surface area contributed by atoms with E-state index in [1.165, 1.54) is 13.2 Å². The molecule has 2 aromatic carbocycles. The molecule has 0 spiro atoms. The number of amides is 1. The Morgan fingerprint density at radius 3 is 2.39 bits per heavy atom. The normalized spacial score (nSPS) is 11.6. The molecule has 9 heteroatoms. The maximum atomic E-state index is 13.0. The predicted octanol–water partition coefficient (Wildman–Crippen LogP) is 3.78. The summed E-state index contributed by atoms with van der Waals surface area (Å²) in [6, 6.07) is 15.8. The molecule has 0 aliphatic carbocycles. The van der Waals surface area contributed by atoms with E-state index in [4.69, 9.17) is 27.8 Å². The van der Waals surface area contributed by atoms with Crippen LogP contribution < -0.4 is 21.5 Å². The van der Waals surface area contributed by atoms with Crippen molar-refractivity contribution < 1.29 is 9.53 Å². The van der Waals surface area contributed by atoms with Gasteiger partial charge in [-0.2, -0.15) is 0 Å². The molecular weight excluding hydrogens is 398 g/mol. The number of methoxy groups -OCH3 is 1. The van der Waals surface area contributed by atoms with E-state index >= 15 is 0 Å². The van der Waals surface area contributed by atoms with Gasteiger partial charge >= 0.3 is 0 Å². The molecule has 5 N–H and O–H groups in total. The van der Waals surface area contributed by atoms with Crippen molar-refractivity contribution in [3.05, 3.63) is 65.2 Å². The molecule has 7 nitrogen and oxygen atoms in total. The summed E-state index contributed by atoms with van der Waals surface area (Å²) < 4.78 is 5.13. The quantitative estimate of drug-likeness (QED) is 0.414. The highest BCUT2D eigenvalue weighted by Crippen LogP contribution is 2.35. The minimum Gasteiger partial charge on any atom is -0.495 e. The Bertz CT molecular complexity index is 967. The average Bonchev–Trinajstić information content (AvgIpc) is 2.66. The van der Waals surface area contributed by atoms with Gasteiger partial charge in [-0.15, -0.1) is 0 Å². The number of anilines is 3. The minimum absolute atomic E-state index is 0.240. The van der Waals surface area contributed by atoms with Crippen molar-refractivity contribution in [2.45, 2.75) is 10.4 Å². The monoisotopic (exact) mass is 415 g/mol. The zero-order chi connectivity index (χ0) is 20.1. The number of carbonyl (C=O) groups is 1. The van der Waals surface area contributed by atoms with Crippen LogP contribution in [0.2, 0.25) is 5.02 Å². The fourth-order valence-corrected chi connectivity index (χ4v) is 3.72. The SMILES string of the molecule is COc1ccc(NC(=O)[C@H](Sc2nc(N)cc(N)n2)c2ccccc2)cc1Cl. The van der Waals surface area contributed by atoms with Crippen molar-refractivity contribution in [2.75, 3.05) is 23.9 Å². The van der Waals surface area contributed by atoms with Crippen LogP contribution in [0.1, 0.15) is 10.8 Å². The largest absolute Gasteiger partial charge is 0.495 e. The second-order valence-electron chi connectivity index (χ2n) is 5.75. The summed E-state index contributed by atoms with van der Waals surface area (Å²) in [5.74, 6) is 0.743. The predicted molar refractivity (Wildman–Crippen MR) is 113 cm³/mol. The van der Waals surface area contributed by atoms with Crippen LogP contribution in [0.3, 0.4) is 0 Å². The first-order valence-corrected chi connectivity index (χ1v) is 9.48. The van der Waals surface area contributed by atoms with E-state index in [1.807, 2.05) is 30.3 Å². The van der Waals surface area contributed by atoms with Crippen molar-refractivity contribution in [3.8, 4) is 5.75 Å². The number of nitrogens with one attached hydrogen (secondary N) is 1. The molecule has 0 fully saturated rings. The van der Waals surface area contributed by atoms with Gasteiger partial charge in [0.05, 0.1) is 12.1 Å². The van der Waals surface area contributed by atoms with Crippen molar-refractivity contribution in [3.63, 3.8) is 0 Å². The number of carbonyl (C=O) groups excluding carboxylic acids is 1. The van der Waals surface area contributed by atoms with E-state index in [1.54, 1.807) is 18.2 Å². The summed E-state index contributed by atoms with van der Waals surface area (Å²) >= 11 is 7.30. The van der Waals surface area contributed by atoms with Gasteiger partial charge in [0.2, 0.25) is 5.91 Å². The van der Waals surface area contributed by atoms with Gasteiger partial charge < -0.3 is 21.5 Å². The molecular formula is C19H18ClN5O2S. The van der Waals surface area contributed by atoms with Gasteiger partial charge in [-0.3, -0.25) is 4.79 Å². The van der Waals surface area contributed by atoms with Gasteiger partial charge in [0, 0.05) is 11.8 Å². The smallest absolute Gasteiger partial charge is 0.242 e. The van der Waals surface area contributed by atoms with E-state index in [0.29, 0.717) is 21.6 Å². The average molecular weight is 416 g/mol. The van der Waals surface area contributed by atoms with Crippen molar-refractivity contribution in [1.29, 1.82) is 0 Å². The third kappa shape index (κ3) is 4.85. The Morgan fingerprint density at radius 1 is 1.11 bits per heavy atom. The first-order chi connectivity index (χ1) is 13.5. The number of ether oxygens (including phenoxy) is 1. The van der Waals surface area contributed by atoms with E-state index in [2.05, 4.69) is 15.3 Å². The van der Waals surface area contributed by atoms with Crippen LogP contribution in [0.4, 0.5) is 17.3 Å². The van der Waals surface area contributed by atoms with E-state index in [0.717, 1.165) is 17.3 Å². The summed E-state index contributed by atoms with van der Waals surface area (Å²) in [5, 5.41) is 2.96. The first kappa shape index (κ1) is 19.8. The van der Waals surface area contributed by atoms with E-state index in [-0.39, 0.29) is 17.5 Å². The minimum atomic E-state index is -0.622. The van der Waals surface area contributed by atoms with Crippen LogP contribution in [0, 0.1) is 0 Å². The Hall–Kier alpha value is -2.97. The topological polar surface area (TPSA) is 116 Å². The van der Waals surface area contributed by atoms with Gasteiger partial charge in [0.25, 0.3) is 0 Å². The molecule has 0 bridgehead atoms. The Balaban J connectivity index is 1.88. The molecule has 0 aliphatic heterocycles. The van der Waals surface area contributed by atoms with Gasteiger partial charge in [0.1, 0.15) is 22.6 Å². The number of hydrogen-bond donors (Lipinski definition) is 3. The highest BCUT2D eigenvalue weighted by Gasteiger charge is 2.24. The number of halogens is 1. The highest BCUT2D eigenvalue weighted by atomic mass is 35.5. The van der Waals surface area contributed by atoms with Crippen LogP contribution in [0.25, 0.3) is 0 Å². The fourth-order valence-electron chi connectivity index (χ4n) is 2.47. The summed E-state index contributed by atoms with van der Waals surface area (Å²) in [5.41, 5.74) is 12.8. The molecule has 1 aromatic heterocycles. The van der Waals surface area contributed by atoms with E-state index in [9.17, 15) is 4.79 Å². The third-order valence-electron chi connectivity index (χ3n) is 3.73. The lowest BCUT2D eigenvalue weighted by Gasteiger charge is -2.17. The Kier molecular flexibility index (Phi) is 6.23. The standard InChI is InChI=1S/C19H18ClN5O2S/c1-27-14-8-7-12(9-13(14)20)23-18(26)17(11-5-3-2-4-6-11)28-19-24-15(21)10-16(22)25-19/h2-10,17H,1H3,(H,23,26)(H4,21,22,24,25)/t17-/m1/s1. The molecule has 0 saturated carbocycles. The zero-order valence-electron chi connectivity index (χ0n) is 14.9. The number of nitrogen functional groups attached to an aromatic ring is 2. The van der Waals surface area contributed by atoms with Crippen LogP contribution in [-0.2, 0) is 4.79 Å². The number of thioether (sulfide) groups is 1. The summed E-state index contributed by atoms with van der Waals surface area (Å²) in [4.78, 5) is 21.3. The molecule has 0 saturated heterocycles. The number of benzene rings is 2. The maximum absolute atomic E-state index is 13.0. The van der Waals surface area contributed by atoms with Crippen LogP contribution >= 0.6 is 23.4 Å². The van der Waals surface area contributed by atoms with E-state index < -0.39 is 5.25 Å². The van der Waals surface area contributed by atoms with Gasteiger partial charge in [-0.1, -0.05) is 53.7 Å². The van der Waals surface area contributed by atoms with Crippen LogP contribution in [0.15, 0.2) is 59.8 Å². The third-order valence-corrected chi connectivity index (χ3v) is 5.14. The number of rotatable bonds is 6. The maximum Gasteiger partial charge on any atom is 0.242 e. The lowest BCUT2D eigenvalue weighted by molar-refractivity contribution is -0.115. The second-order valence-corrected chi connectivity index (χ2v) is 7.23. The summed E-state index contributed by atoms with van der Waals surface area (Å²) in [6.07, 6.45) is 0. The van der Waals surface area contributed by atoms with Crippen molar-refractivity contribution in [1.82, 2.24) is 9.97 Å². The second kappa shape index (κ2) is 8.81. The molecule has 1 atom stereocenters. The number of nitrogens with zero attached hydrogens (tertiary/aromatic N) is 2. The highest BCUT2D eigenvalue weighted by molar-refractivity contribution is 8.00. The summed E-state index contributed by atoms with van der Waals surface area (Å²) in [7, 11) is 1.53. The number of aromatic nitrogens is 2. The molecule has 0 aliphatic rings. The first-order valence-electron chi connectivity index (χ1n) is 8.22. The molecule has 3 aromatic rings. The molecule has 144 valence electrons. The van der Waals surface area contributed by atoms with Crippen LogP contribution in [-0.4, -0.2) is 23.0 Å². The van der Waals surface area contributed by atoms with Crippen LogP contribution in [0.5, 0.6) is 5.75 Å². The Morgan fingerprint density at radius 2 is 1.79 bits per heavy atom. The van der Waals surface area contributed by atoms with Crippen molar-refractivity contribution in [2.24, 2.45) is 0 Å². The van der Waals surface area contributed by atoms with Gasteiger partial charge in [-0.05, 0) is 23.8 Å². The number of nitrogens with two attached hydrogens (primary N) is 2. The fraction of sp³-hybridized carbons (Fsp3) is 0.105. The van der Waals surface area contributed by atoms with Gasteiger partial charge in [-0.25, -0.2) is 9.97 Å². The van der Waals surface area contributed by atoms with Crippen molar-refractivity contribution >= 4 is 46.6 Å². The lowest BCUT2D eigenvalue weighted by atomic mass is 10.1. The molecule has 0 unspecified atom stereocenters. The number of hydrogen-bond acceptors (Lipinski definition) is 7. The Labute approximate surface area is 171 Å². The van der Waals surface area contributed by atoms with Gasteiger partial charge in [0.15, 0.2) is 5.16 Å². The molecule has 1 amide bonds. The molecule has 28 heavy (non-hydrogen) atoms. The summed E-state index contributed by atoms with van der Waals surface area (Å²) in [6.45, 7) is 0. The molecule has 1 heterocycles. The molecule has 0 radical (unpaired) electrons. The molecule has 3 rings (SSSR count).